The number of ether oxygens (including phenoxy) is 1. The highest BCUT2D eigenvalue weighted by Gasteiger charge is 2.05. The molecular weight excluding hydrogens is 445 g/mol. The van der Waals surface area contributed by atoms with Gasteiger partial charge in [0.05, 0.1) is 16.1 Å². The molecule has 0 N–H and O–H groups in total. The molecular formula is C22H14BrCl2NO. The third kappa shape index (κ3) is 5.37. The Hall–Kier alpha value is -2.25. The lowest BCUT2D eigenvalue weighted by Crippen LogP contribution is -1.96. The lowest BCUT2D eigenvalue weighted by Gasteiger charge is -2.09. The topological polar surface area (TPSA) is 33.0 Å². The Kier molecular flexibility index (Phi) is 6.58. The van der Waals surface area contributed by atoms with Crippen molar-refractivity contribution in [2.75, 3.05) is 0 Å². The maximum absolute atomic E-state index is 9.47. The summed E-state index contributed by atoms with van der Waals surface area (Å²) in [6, 6.07) is 22.7. The predicted molar refractivity (Wildman–Crippen MR) is 115 cm³/mol. The van der Waals surface area contributed by atoms with E-state index in [4.69, 9.17) is 27.9 Å². The number of nitrogens with zero attached hydrogens (tertiary/aromatic N) is 1. The van der Waals surface area contributed by atoms with Crippen LogP contribution in [-0.4, -0.2) is 0 Å². The fourth-order valence-electron chi connectivity index (χ4n) is 2.44. The molecule has 0 spiro atoms. The molecule has 0 aliphatic carbocycles. The zero-order valence-electron chi connectivity index (χ0n) is 14.1. The van der Waals surface area contributed by atoms with Gasteiger partial charge in [0.15, 0.2) is 0 Å². The second-order valence-corrected chi connectivity index (χ2v) is 7.51. The minimum atomic E-state index is 0.444. The van der Waals surface area contributed by atoms with Crippen LogP contribution in [0.4, 0.5) is 0 Å². The molecule has 0 amide bonds. The molecule has 0 heterocycles. The van der Waals surface area contributed by atoms with Crippen molar-refractivity contribution in [1.29, 1.82) is 5.26 Å². The zero-order chi connectivity index (χ0) is 19.2. The lowest BCUT2D eigenvalue weighted by molar-refractivity contribution is 0.304. The summed E-state index contributed by atoms with van der Waals surface area (Å²) in [4.78, 5) is 0. The van der Waals surface area contributed by atoms with Gasteiger partial charge in [0, 0.05) is 10.0 Å². The number of nitriles is 1. The van der Waals surface area contributed by atoms with Gasteiger partial charge < -0.3 is 4.74 Å². The largest absolute Gasteiger partial charge is 0.488 e. The monoisotopic (exact) mass is 457 g/mol. The highest BCUT2D eigenvalue weighted by Crippen LogP contribution is 2.29. The van der Waals surface area contributed by atoms with Crippen LogP contribution in [0.5, 0.6) is 5.75 Å². The molecule has 0 saturated heterocycles. The average Bonchev–Trinajstić information content (AvgIpc) is 2.67. The van der Waals surface area contributed by atoms with Crippen molar-refractivity contribution in [3.63, 3.8) is 0 Å². The van der Waals surface area contributed by atoms with E-state index in [0.29, 0.717) is 22.2 Å². The molecule has 0 aliphatic heterocycles. The lowest BCUT2D eigenvalue weighted by atomic mass is 10.0. The Morgan fingerprint density at radius 2 is 1.59 bits per heavy atom. The summed E-state index contributed by atoms with van der Waals surface area (Å²) < 4.78 is 6.67. The van der Waals surface area contributed by atoms with Crippen LogP contribution in [0.25, 0.3) is 11.6 Å². The van der Waals surface area contributed by atoms with Crippen LogP contribution < -0.4 is 4.74 Å². The molecule has 0 bridgehead atoms. The molecule has 134 valence electrons. The van der Waals surface area contributed by atoms with E-state index >= 15 is 0 Å². The van der Waals surface area contributed by atoms with Crippen LogP contribution in [0.3, 0.4) is 0 Å². The minimum absolute atomic E-state index is 0.444. The molecule has 0 fully saturated rings. The van der Waals surface area contributed by atoms with E-state index in [1.807, 2.05) is 60.7 Å². The van der Waals surface area contributed by atoms with Crippen molar-refractivity contribution in [2.24, 2.45) is 0 Å². The van der Waals surface area contributed by atoms with E-state index in [1.165, 1.54) is 0 Å². The van der Waals surface area contributed by atoms with Gasteiger partial charge in [-0.05, 0) is 75.1 Å². The van der Waals surface area contributed by atoms with Crippen molar-refractivity contribution >= 4 is 50.8 Å². The first-order valence-corrected chi connectivity index (χ1v) is 9.64. The van der Waals surface area contributed by atoms with Crippen LogP contribution in [0.1, 0.15) is 16.7 Å². The van der Waals surface area contributed by atoms with Gasteiger partial charge in [0.25, 0.3) is 0 Å². The van der Waals surface area contributed by atoms with Gasteiger partial charge in [-0.15, -0.1) is 0 Å². The van der Waals surface area contributed by atoms with Gasteiger partial charge in [-0.3, -0.25) is 0 Å². The van der Waals surface area contributed by atoms with E-state index in [9.17, 15) is 5.26 Å². The molecule has 0 aliphatic rings. The average molecular weight is 459 g/mol. The molecule has 0 saturated carbocycles. The van der Waals surface area contributed by atoms with Crippen LogP contribution in [0.2, 0.25) is 10.0 Å². The van der Waals surface area contributed by atoms with Crippen LogP contribution in [-0.2, 0) is 6.61 Å². The second-order valence-electron chi connectivity index (χ2n) is 5.78. The van der Waals surface area contributed by atoms with Gasteiger partial charge in [0.2, 0.25) is 0 Å². The summed E-state index contributed by atoms with van der Waals surface area (Å²) in [7, 11) is 0. The van der Waals surface area contributed by atoms with Crippen molar-refractivity contribution in [3.05, 3.63) is 97.9 Å². The summed E-state index contributed by atoms with van der Waals surface area (Å²) in [6.45, 7) is 0.444. The van der Waals surface area contributed by atoms with E-state index in [2.05, 4.69) is 22.0 Å². The highest BCUT2D eigenvalue weighted by atomic mass is 79.9. The number of hydrogen-bond acceptors (Lipinski definition) is 2. The number of allylic oxidation sites excluding steroid dienone is 1. The SMILES string of the molecule is N#C/C(=C/c1ccc(OCc2ccc(Cl)cc2)c(Br)c1)c1ccc(Cl)cc1. The number of benzene rings is 3. The van der Waals surface area contributed by atoms with Crippen LogP contribution >= 0.6 is 39.1 Å². The van der Waals surface area contributed by atoms with Gasteiger partial charge in [-0.25, -0.2) is 0 Å². The Morgan fingerprint density at radius 1 is 0.963 bits per heavy atom. The predicted octanol–water partition coefficient (Wildman–Crippen LogP) is 7.40. The van der Waals surface area contributed by atoms with Gasteiger partial charge in [0.1, 0.15) is 12.4 Å². The summed E-state index contributed by atoms with van der Waals surface area (Å²) in [5, 5.41) is 10.8. The molecule has 0 unspecified atom stereocenters. The summed E-state index contributed by atoms with van der Waals surface area (Å²) in [5.41, 5.74) is 3.31. The van der Waals surface area contributed by atoms with Crippen molar-refractivity contribution in [3.8, 4) is 11.8 Å². The maximum atomic E-state index is 9.47. The van der Waals surface area contributed by atoms with Crippen LogP contribution in [0.15, 0.2) is 71.2 Å². The van der Waals surface area contributed by atoms with E-state index in [1.54, 1.807) is 12.1 Å². The first kappa shape index (κ1) is 19.5. The first-order valence-electron chi connectivity index (χ1n) is 8.10. The molecule has 3 rings (SSSR count). The summed E-state index contributed by atoms with van der Waals surface area (Å²) >= 11 is 15.3. The van der Waals surface area contributed by atoms with Gasteiger partial charge >= 0.3 is 0 Å². The molecule has 0 aromatic heterocycles. The quantitative estimate of drug-likeness (QED) is 0.294. The molecule has 2 nitrogen and oxygen atoms in total. The standard InChI is InChI=1S/C22H14BrCl2NO/c23-21-12-16(11-18(13-26)17-4-8-20(25)9-5-17)3-10-22(21)27-14-15-1-6-19(24)7-2-15/h1-12H,14H2/b18-11-. The number of rotatable bonds is 5. The highest BCUT2D eigenvalue weighted by molar-refractivity contribution is 9.10. The van der Waals surface area contributed by atoms with E-state index in [0.717, 1.165) is 26.9 Å². The fraction of sp³-hybridized carbons (Fsp3) is 0.0455. The number of hydrogen-bond donors (Lipinski definition) is 0. The van der Waals surface area contributed by atoms with Gasteiger partial charge in [-0.1, -0.05) is 53.5 Å². The maximum Gasteiger partial charge on any atom is 0.134 e. The number of halogens is 3. The van der Waals surface area contributed by atoms with E-state index < -0.39 is 0 Å². The Labute approximate surface area is 176 Å². The normalized spacial score (nSPS) is 11.1. The third-order valence-electron chi connectivity index (χ3n) is 3.85. The minimum Gasteiger partial charge on any atom is -0.488 e. The Balaban J connectivity index is 1.76. The Morgan fingerprint density at radius 3 is 2.19 bits per heavy atom. The van der Waals surface area contributed by atoms with Crippen LogP contribution in [0, 0.1) is 11.3 Å². The summed E-state index contributed by atoms with van der Waals surface area (Å²) in [6.07, 6.45) is 1.83. The summed E-state index contributed by atoms with van der Waals surface area (Å²) in [5.74, 6) is 0.729. The second kappa shape index (κ2) is 9.10. The molecule has 0 atom stereocenters. The first-order chi connectivity index (χ1) is 13.0. The molecule has 27 heavy (non-hydrogen) atoms. The van der Waals surface area contributed by atoms with Gasteiger partial charge in [-0.2, -0.15) is 5.26 Å². The third-order valence-corrected chi connectivity index (χ3v) is 4.97. The van der Waals surface area contributed by atoms with E-state index in [-0.39, 0.29) is 0 Å². The van der Waals surface area contributed by atoms with Crippen molar-refractivity contribution < 1.29 is 4.74 Å². The Bertz CT molecular complexity index is 1010. The molecule has 3 aromatic rings. The molecule has 5 heteroatoms. The molecule has 3 aromatic carbocycles. The fourth-order valence-corrected chi connectivity index (χ4v) is 3.20. The zero-order valence-corrected chi connectivity index (χ0v) is 17.2. The van der Waals surface area contributed by atoms with Crippen molar-refractivity contribution in [2.45, 2.75) is 6.61 Å². The molecule has 0 radical (unpaired) electrons. The van der Waals surface area contributed by atoms with Crippen molar-refractivity contribution in [1.82, 2.24) is 0 Å². The smallest absolute Gasteiger partial charge is 0.134 e.